The molecule has 1 heterocycles. The number of nitrogens with zero attached hydrogens (tertiary/aromatic N) is 1. The van der Waals surface area contributed by atoms with Crippen LogP contribution in [0.5, 0.6) is 0 Å². The molecule has 1 N–H and O–H groups in total. The van der Waals surface area contributed by atoms with E-state index in [4.69, 9.17) is 0 Å². The first-order valence-electron chi connectivity index (χ1n) is 5.87. The van der Waals surface area contributed by atoms with Crippen LogP contribution in [0.25, 0.3) is 0 Å². The Bertz CT molecular complexity index is 433. The summed E-state index contributed by atoms with van der Waals surface area (Å²) in [5.74, 6) is -0.433. The number of rotatable bonds is 1. The van der Waals surface area contributed by atoms with E-state index in [-0.39, 0.29) is 11.7 Å². The Kier molecular flexibility index (Phi) is 3.43. The second-order valence-electron chi connectivity index (χ2n) is 4.57. The van der Waals surface area contributed by atoms with E-state index in [0.29, 0.717) is 24.7 Å². The number of carbonyl (C=O) groups is 1. The molecule has 1 fully saturated rings. The number of nitrogens with one attached hydrogen (secondary N) is 1. The lowest BCUT2D eigenvalue weighted by atomic mass is 10.1. The smallest absolute Gasteiger partial charge is 0.254 e. The number of hydrogen-bond acceptors (Lipinski definition) is 2. The maximum absolute atomic E-state index is 13.2. The lowest BCUT2D eigenvalue weighted by Crippen LogP contribution is -2.51. The molecule has 0 saturated carbocycles. The van der Waals surface area contributed by atoms with E-state index in [1.54, 1.807) is 11.0 Å². The Morgan fingerprint density at radius 3 is 3.00 bits per heavy atom. The molecule has 2 rings (SSSR count). The first kappa shape index (κ1) is 12.0. The van der Waals surface area contributed by atoms with Crippen LogP contribution in [0, 0.1) is 12.7 Å². The molecule has 0 spiro atoms. The van der Waals surface area contributed by atoms with Crippen LogP contribution >= 0.6 is 0 Å². The summed E-state index contributed by atoms with van der Waals surface area (Å²) in [4.78, 5) is 14.0. The van der Waals surface area contributed by atoms with Crippen molar-refractivity contribution in [2.45, 2.75) is 19.9 Å². The normalized spacial score (nSPS) is 20.4. The maximum atomic E-state index is 13.2. The molecule has 0 radical (unpaired) electrons. The standard InChI is InChI=1S/C13H17FN2O/c1-9-3-4-11(14)7-12(9)13(17)16-6-5-15-10(2)8-16/h3-4,7,10,15H,5-6,8H2,1-2H3/t10-/m1/s1. The van der Waals surface area contributed by atoms with Crippen LogP contribution in [0.4, 0.5) is 4.39 Å². The molecular formula is C13H17FN2O. The van der Waals surface area contributed by atoms with Gasteiger partial charge in [0.15, 0.2) is 0 Å². The number of hydrogen-bond donors (Lipinski definition) is 1. The summed E-state index contributed by atoms with van der Waals surface area (Å²) in [6.45, 7) is 6.02. The monoisotopic (exact) mass is 236 g/mol. The molecule has 1 aromatic carbocycles. The Morgan fingerprint density at radius 2 is 2.29 bits per heavy atom. The van der Waals surface area contributed by atoms with Crippen LogP contribution in [0.1, 0.15) is 22.8 Å². The molecule has 0 bridgehead atoms. The molecule has 0 aromatic heterocycles. The first-order valence-corrected chi connectivity index (χ1v) is 5.87. The van der Waals surface area contributed by atoms with Gasteiger partial charge in [-0.2, -0.15) is 0 Å². The molecule has 0 aliphatic carbocycles. The molecule has 1 atom stereocenters. The summed E-state index contributed by atoms with van der Waals surface area (Å²) >= 11 is 0. The van der Waals surface area contributed by atoms with Gasteiger partial charge >= 0.3 is 0 Å². The number of carbonyl (C=O) groups excluding carboxylic acids is 1. The molecule has 3 nitrogen and oxygen atoms in total. The molecule has 1 aliphatic rings. The number of aryl methyl sites for hydroxylation is 1. The van der Waals surface area contributed by atoms with Gasteiger partial charge in [0, 0.05) is 31.2 Å². The molecular weight excluding hydrogens is 219 g/mol. The summed E-state index contributed by atoms with van der Waals surface area (Å²) in [7, 11) is 0. The highest BCUT2D eigenvalue weighted by atomic mass is 19.1. The third-order valence-corrected chi connectivity index (χ3v) is 3.09. The molecule has 1 amide bonds. The van der Waals surface area contributed by atoms with Crippen molar-refractivity contribution in [2.75, 3.05) is 19.6 Å². The quantitative estimate of drug-likeness (QED) is 0.802. The van der Waals surface area contributed by atoms with E-state index in [1.165, 1.54) is 12.1 Å². The Morgan fingerprint density at radius 1 is 1.53 bits per heavy atom. The van der Waals surface area contributed by atoms with Gasteiger partial charge in [0.25, 0.3) is 5.91 Å². The Hall–Kier alpha value is -1.42. The van der Waals surface area contributed by atoms with Gasteiger partial charge in [0.05, 0.1) is 0 Å². The Labute approximate surface area is 101 Å². The van der Waals surface area contributed by atoms with Crippen molar-refractivity contribution in [3.63, 3.8) is 0 Å². The highest BCUT2D eigenvalue weighted by Crippen LogP contribution is 2.14. The van der Waals surface area contributed by atoms with Gasteiger partial charge in [-0.25, -0.2) is 4.39 Å². The van der Waals surface area contributed by atoms with E-state index in [2.05, 4.69) is 5.32 Å². The van der Waals surface area contributed by atoms with Crippen LogP contribution in [0.3, 0.4) is 0 Å². The summed E-state index contributed by atoms with van der Waals surface area (Å²) in [5, 5.41) is 3.28. The van der Waals surface area contributed by atoms with Crippen LogP contribution in [-0.2, 0) is 0 Å². The third kappa shape index (κ3) is 2.64. The molecule has 1 saturated heterocycles. The molecule has 1 aliphatic heterocycles. The third-order valence-electron chi connectivity index (χ3n) is 3.09. The molecule has 1 aromatic rings. The number of halogens is 1. The summed E-state index contributed by atoms with van der Waals surface area (Å²) in [6.07, 6.45) is 0. The minimum atomic E-state index is -0.359. The molecule has 17 heavy (non-hydrogen) atoms. The van der Waals surface area contributed by atoms with Crippen LogP contribution in [0.2, 0.25) is 0 Å². The van der Waals surface area contributed by atoms with Crippen molar-refractivity contribution in [3.05, 3.63) is 35.1 Å². The maximum Gasteiger partial charge on any atom is 0.254 e. The fourth-order valence-electron chi connectivity index (χ4n) is 2.11. The van der Waals surface area contributed by atoms with E-state index >= 15 is 0 Å². The fourth-order valence-corrected chi connectivity index (χ4v) is 2.11. The van der Waals surface area contributed by atoms with E-state index in [0.717, 1.165) is 12.1 Å². The predicted molar refractivity (Wildman–Crippen MR) is 64.5 cm³/mol. The van der Waals surface area contributed by atoms with Gasteiger partial charge in [-0.15, -0.1) is 0 Å². The van der Waals surface area contributed by atoms with Crippen molar-refractivity contribution >= 4 is 5.91 Å². The van der Waals surface area contributed by atoms with Gasteiger partial charge in [-0.3, -0.25) is 4.79 Å². The second-order valence-corrected chi connectivity index (χ2v) is 4.57. The van der Waals surface area contributed by atoms with Crippen molar-refractivity contribution in [2.24, 2.45) is 0 Å². The Balaban J connectivity index is 2.21. The SMILES string of the molecule is Cc1ccc(F)cc1C(=O)N1CCN[C@H](C)C1. The number of piperazine rings is 1. The lowest BCUT2D eigenvalue weighted by molar-refractivity contribution is 0.0708. The molecule has 0 unspecified atom stereocenters. The zero-order valence-corrected chi connectivity index (χ0v) is 10.2. The minimum Gasteiger partial charge on any atom is -0.336 e. The lowest BCUT2D eigenvalue weighted by Gasteiger charge is -2.32. The average molecular weight is 236 g/mol. The van der Waals surface area contributed by atoms with E-state index in [9.17, 15) is 9.18 Å². The average Bonchev–Trinajstić information content (AvgIpc) is 2.31. The number of benzene rings is 1. The van der Waals surface area contributed by atoms with E-state index in [1.807, 2.05) is 13.8 Å². The van der Waals surface area contributed by atoms with Gasteiger partial charge in [0.1, 0.15) is 5.82 Å². The van der Waals surface area contributed by atoms with Crippen molar-refractivity contribution in [3.8, 4) is 0 Å². The van der Waals surface area contributed by atoms with Gasteiger partial charge < -0.3 is 10.2 Å². The first-order chi connectivity index (χ1) is 8.08. The zero-order chi connectivity index (χ0) is 12.4. The second kappa shape index (κ2) is 4.84. The summed E-state index contributed by atoms with van der Waals surface area (Å²) in [6, 6.07) is 4.65. The van der Waals surface area contributed by atoms with Crippen LogP contribution < -0.4 is 5.32 Å². The zero-order valence-electron chi connectivity index (χ0n) is 10.2. The van der Waals surface area contributed by atoms with Gasteiger partial charge in [-0.1, -0.05) is 6.07 Å². The van der Waals surface area contributed by atoms with Gasteiger partial charge in [-0.05, 0) is 31.5 Å². The largest absolute Gasteiger partial charge is 0.336 e. The molecule has 92 valence electrons. The summed E-state index contributed by atoms with van der Waals surface area (Å²) in [5.41, 5.74) is 1.29. The number of amides is 1. The van der Waals surface area contributed by atoms with Crippen molar-refractivity contribution < 1.29 is 9.18 Å². The molecule has 4 heteroatoms. The summed E-state index contributed by atoms with van der Waals surface area (Å²) < 4.78 is 13.2. The van der Waals surface area contributed by atoms with Crippen molar-refractivity contribution in [1.82, 2.24) is 10.2 Å². The highest BCUT2D eigenvalue weighted by Gasteiger charge is 2.22. The van der Waals surface area contributed by atoms with Crippen LogP contribution in [-0.4, -0.2) is 36.5 Å². The van der Waals surface area contributed by atoms with E-state index < -0.39 is 0 Å². The fraction of sp³-hybridized carbons (Fsp3) is 0.462. The van der Waals surface area contributed by atoms with Crippen molar-refractivity contribution in [1.29, 1.82) is 0 Å². The highest BCUT2D eigenvalue weighted by molar-refractivity contribution is 5.95. The predicted octanol–water partition coefficient (Wildman–Crippen LogP) is 1.57. The minimum absolute atomic E-state index is 0.0737. The van der Waals surface area contributed by atoms with Crippen LogP contribution in [0.15, 0.2) is 18.2 Å². The van der Waals surface area contributed by atoms with Gasteiger partial charge in [0.2, 0.25) is 0 Å². The topological polar surface area (TPSA) is 32.3 Å².